The Hall–Kier alpha value is -2.47. The van der Waals surface area contributed by atoms with Gasteiger partial charge in [0.2, 0.25) is 10.0 Å². The van der Waals surface area contributed by atoms with Gasteiger partial charge in [0.1, 0.15) is 11.6 Å². The summed E-state index contributed by atoms with van der Waals surface area (Å²) in [5.74, 6) is 0.116. The maximum Gasteiger partial charge on any atom is 0.211 e. The van der Waals surface area contributed by atoms with Crippen LogP contribution in [0.3, 0.4) is 0 Å². The molecule has 2 aromatic carbocycles. The van der Waals surface area contributed by atoms with Gasteiger partial charge < -0.3 is 9.47 Å². The van der Waals surface area contributed by atoms with Crippen LogP contribution in [0.25, 0.3) is 11.1 Å². The number of nitriles is 1. The smallest absolute Gasteiger partial charge is 0.211 e. The summed E-state index contributed by atoms with van der Waals surface area (Å²) in [6.07, 6.45) is 0.605. The highest BCUT2D eigenvalue weighted by Crippen LogP contribution is 2.27. The van der Waals surface area contributed by atoms with E-state index in [-0.39, 0.29) is 23.3 Å². The lowest BCUT2D eigenvalue weighted by atomic mass is 9.97. The standard InChI is InChI=1S/C21H23FN2O4S/c1-2-29(25,26)24-21-9-10-27-13-17(21)14-28-19-6-3-15(4-7-19)20-8-5-18(22)11-16(20)12-23/h3-8,11,17,21,24H,2,9-10,13-14H2,1H3. The molecule has 154 valence electrons. The molecule has 1 aliphatic rings. The van der Waals surface area contributed by atoms with E-state index in [9.17, 15) is 18.1 Å². The van der Waals surface area contributed by atoms with Gasteiger partial charge in [-0.2, -0.15) is 5.26 Å². The summed E-state index contributed by atoms with van der Waals surface area (Å²) >= 11 is 0. The second kappa shape index (κ2) is 9.35. The molecule has 0 aromatic heterocycles. The van der Waals surface area contributed by atoms with Crippen molar-refractivity contribution in [1.29, 1.82) is 5.26 Å². The van der Waals surface area contributed by atoms with Gasteiger partial charge in [0.15, 0.2) is 0 Å². The number of nitrogens with zero attached hydrogens (tertiary/aromatic N) is 1. The predicted molar refractivity (Wildman–Crippen MR) is 107 cm³/mol. The first-order chi connectivity index (χ1) is 13.9. The normalized spacial score (nSPS) is 19.5. The quantitative estimate of drug-likeness (QED) is 0.747. The summed E-state index contributed by atoms with van der Waals surface area (Å²) in [4.78, 5) is 0. The molecule has 0 spiro atoms. The van der Waals surface area contributed by atoms with Crippen molar-refractivity contribution in [2.75, 3.05) is 25.6 Å². The molecule has 0 bridgehead atoms. The van der Waals surface area contributed by atoms with Gasteiger partial charge in [0, 0.05) is 18.6 Å². The van der Waals surface area contributed by atoms with Crippen LogP contribution < -0.4 is 9.46 Å². The van der Waals surface area contributed by atoms with Crippen molar-refractivity contribution in [2.24, 2.45) is 5.92 Å². The Labute approximate surface area is 170 Å². The first-order valence-electron chi connectivity index (χ1n) is 9.42. The number of sulfonamides is 1. The zero-order chi connectivity index (χ0) is 20.9. The Morgan fingerprint density at radius 3 is 2.72 bits per heavy atom. The topological polar surface area (TPSA) is 88.4 Å². The fraction of sp³-hybridized carbons (Fsp3) is 0.381. The van der Waals surface area contributed by atoms with E-state index in [1.54, 1.807) is 37.3 Å². The maximum atomic E-state index is 13.3. The first-order valence-corrected chi connectivity index (χ1v) is 11.1. The van der Waals surface area contributed by atoms with E-state index in [1.165, 1.54) is 12.1 Å². The fourth-order valence-corrected chi connectivity index (χ4v) is 4.16. The minimum absolute atomic E-state index is 0.0352. The number of rotatable bonds is 7. The molecule has 8 heteroatoms. The fourth-order valence-electron chi connectivity index (χ4n) is 3.22. The molecule has 2 unspecified atom stereocenters. The molecule has 1 fully saturated rings. The number of hydrogen-bond donors (Lipinski definition) is 1. The van der Waals surface area contributed by atoms with Crippen LogP contribution in [0.2, 0.25) is 0 Å². The average Bonchev–Trinajstić information content (AvgIpc) is 2.73. The maximum absolute atomic E-state index is 13.3. The lowest BCUT2D eigenvalue weighted by Crippen LogP contribution is -2.47. The Balaban J connectivity index is 1.66. The molecule has 1 saturated heterocycles. The van der Waals surface area contributed by atoms with E-state index in [4.69, 9.17) is 9.47 Å². The van der Waals surface area contributed by atoms with Crippen LogP contribution in [-0.2, 0) is 14.8 Å². The summed E-state index contributed by atoms with van der Waals surface area (Å²) in [5.41, 5.74) is 1.70. The zero-order valence-corrected chi connectivity index (χ0v) is 16.9. The van der Waals surface area contributed by atoms with Crippen molar-refractivity contribution in [3.05, 3.63) is 53.8 Å². The van der Waals surface area contributed by atoms with Crippen LogP contribution >= 0.6 is 0 Å². The van der Waals surface area contributed by atoms with Crippen molar-refractivity contribution in [3.8, 4) is 22.9 Å². The van der Waals surface area contributed by atoms with Crippen LogP contribution in [0.5, 0.6) is 5.75 Å². The van der Waals surface area contributed by atoms with Gasteiger partial charge in [-0.15, -0.1) is 0 Å². The van der Waals surface area contributed by atoms with Crippen LogP contribution in [0.15, 0.2) is 42.5 Å². The largest absolute Gasteiger partial charge is 0.493 e. The highest BCUT2D eigenvalue weighted by Gasteiger charge is 2.29. The van der Waals surface area contributed by atoms with Gasteiger partial charge >= 0.3 is 0 Å². The van der Waals surface area contributed by atoms with E-state index in [0.29, 0.717) is 37.6 Å². The first kappa shape index (κ1) is 21.2. The monoisotopic (exact) mass is 418 g/mol. The molecular weight excluding hydrogens is 395 g/mol. The van der Waals surface area contributed by atoms with E-state index in [2.05, 4.69) is 4.72 Å². The minimum atomic E-state index is -3.30. The van der Waals surface area contributed by atoms with E-state index in [1.807, 2.05) is 6.07 Å². The second-order valence-electron chi connectivity index (χ2n) is 6.89. The Kier molecular flexibility index (Phi) is 6.85. The number of nitrogens with one attached hydrogen (secondary N) is 1. The third-order valence-electron chi connectivity index (χ3n) is 4.92. The highest BCUT2D eigenvalue weighted by atomic mass is 32.2. The molecular formula is C21H23FN2O4S. The van der Waals surface area contributed by atoms with Crippen molar-refractivity contribution in [3.63, 3.8) is 0 Å². The minimum Gasteiger partial charge on any atom is -0.493 e. The van der Waals surface area contributed by atoms with E-state index >= 15 is 0 Å². The molecule has 1 aliphatic heterocycles. The Morgan fingerprint density at radius 1 is 1.28 bits per heavy atom. The second-order valence-corrected chi connectivity index (χ2v) is 8.93. The highest BCUT2D eigenvalue weighted by molar-refractivity contribution is 7.89. The van der Waals surface area contributed by atoms with Crippen molar-refractivity contribution < 1.29 is 22.3 Å². The summed E-state index contributed by atoms with van der Waals surface area (Å²) in [7, 11) is -3.30. The van der Waals surface area contributed by atoms with Gasteiger partial charge in [-0.3, -0.25) is 0 Å². The summed E-state index contributed by atoms with van der Waals surface area (Å²) in [6.45, 7) is 2.86. The van der Waals surface area contributed by atoms with E-state index in [0.717, 1.165) is 5.56 Å². The SMILES string of the molecule is CCS(=O)(=O)NC1CCOCC1COc1ccc(-c2ccc(F)cc2C#N)cc1. The molecule has 3 rings (SSSR count). The summed E-state index contributed by atoms with van der Waals surface area (Å²) < 4.78 is 51.2. The molecule has 0 aliphatic carbocycles. The van der Waals surface area contributed by atoms with Gasteiger partial charge in [0.25, 0.3) is 0 Å². The zero-order valence-electron chi connectivity index (χ0n) is 16.1. The van der Waals surface area contributed by atoms with Crippen LogP contribution in [-0.4, -0.2) is 40.0 Å². The molecule has 2 aromatic rings. The van der Waals surface area contributed by atoms with Crippen LogP contribution in [0.4, 0.5) is 4.39 Å². The third kappa shape index (κ3) is 5.54. The number of ether oxygens (including phenoxy) is 2. The van der Waals surface area contributed by atoms with Crippen molar-refractivity contribution in [2.45, 2.75) is 19.4 Å². The van der Waals surface area contributed by atoms with Gasteiger partial charge in [-0.25, -0.2) is 17.5 Å². The molecule has 0 saturated carbocycles. The lowest BCUT2D eigenvalue weighted by molar-refractivity contribution is 0.0186. The number of halogens is 1. The Morgan fingerprint density at radius 2 is 2.03 bits per heavy atom. The average molecular weight is 418 g/mol. The predicted octanol–water partition coefficient (Wildman–Crippen LogP) is 3.09. The Bertz CT molecular complexity index is 987. The van der Waals surface area contributed by atoms with Gasteiger partial charge in [-0.05, 0) is 48.7 Å². The van der Waals surface area contributed by atoms with Crippen LogP contribution in [0.1, 0.15) is 18.9 Å². The van der Waals surface area contributed by atoms with Gasteiger partial charge in [0.05, 0.1) is 30.6 Å². The summed E-state index contributed by atoms with van der Waals surface area (Å²) in [5, 5.41) is 9.21. The number of benzene rings is 2. The molecule has 29 heavy (non-hydrogen) atoms. The van der Waals surface area contributed by atoms with Crippen LogP contribution in [0, 0.1) is 23.1 Å². The molecule has 1 N–H and O–H groups in total. The molecule has 1 heterocycles. The third-order valence-corrected chi connectivity index (χ3v) is 6.34. The summed E-state index contributed by atoms with van der Waals surface area (Å²) in [6, 6.07) is 13.0. The van der Waals surface area contributed by atoms with Gasteiger partial charge in [-0.1, -0.05) is 18.2 Å². The van der Waals surface area contributed by atoms with Crippen molar-refractivity contribution >= 4 is 10.0 Å². The molecule has 0 radical (unpaired) electrons. The van der Waals surface area contributed by atoms with Crippen molar-refractivity contribution in [1.82, 2.24) is 4.72 Å². The van der Waals surface area contributed by atoms with E-state index < -0.39 is 15.8 Å². The number of hydrogen-bond acceptors (Lipinski definition) is 5. The molecule has 2 atom stereocenters. The molecule has 6 nitrogen and oxygen atoms in total. The molecule has 0 amide bonds. The lowest BCUT2D eigenvalue weighted by Gasteiger charge is -2.31.